The molecule has 0 amide bonds. The van der Waals surface area contributed by atoms with Crippen LogP contribution in [0.1, 0.15) is 6.04 Å². The minimum atomic E-state index is -1.22. The van der Waals surface area contributed by atoms with Crippen molar-refractivity contribution >= 4 is 35.0 Å². The van der Waals surface area contributed by atoms with Crippen LogP contribution in [-0.4, -0.2) is 65.7 Å². The molecule has 2 aromatic heterocycles. The van der Waals surface area contributed by atoms with Crippen molar-refractivity contribution in [2.75, 3.05) is 6.61 Å². The number of halogens is 2. The van der Waals surface area contributed by atoms with Crippen LogP contribution in [0.15, 0.2) is 46.2 Å². The van der Waals surface area contributed by atoms with Gasteiger partial charge >= 0.3 is 0 Å². The number of aromatic nitrogens is 4. The van der Waals surface area contributed by atoms with Crippen LogP contribution in [-0.2, 0) is 4.74 Å². The largest absolute Gasteiger partial charge is 0.443 e. The Morgan fingerprint density at radius 3 is 2.69 bits per heavy atom. The van der Waals surface area contributed by atoms with Gasteiger partial charge in [0.25, 0.3) is 0 Å². The summed E-state index contributed by atoms with van der Waals surface area (Å²) in [6.07, 6.45) is 1.05. The number of oxazole rings is 1. The molecule has 0 aliphatic carbocycles. The molecule has 3 N–H and O–H groups in total. The third-order valence-corrected chi connectivity index (χ3v) is 6.35. The fourth-order valence-corrected chi connectivity index (χ4v) is 4.49. The molecule has 3 aromatic rings. The van der Waals surface area contributed by atoms with E-state index < -0.39 is 36.4 Å². The number of benzene rings is 1. The average Bonchev–Trinajstić information content (AvgIpc) is 3.39. The van der Waals surface area contributed by atoms with E-state index in [-0.39, 0.29) is 5.89 Å². The van der Waals surface area contributed by atoms with Gasteiger partial charge in [0.15, 0.2) is 5.69 Å². The zero-order chi connectivity index (χ0) is 20.5. The molecule has 1 saturated heterocycles. The molecular formula is C17H16Cl2N4O5S. The van der Waals surface area contributed by atoms with Crippen molar-refractivity contribution in [3.63, 3.8) is 0 Å². The van der Waals surface area contributed by atoms with Gasteiger partial charge in [-0.3, -0.25) is 0 Å². The predicted molar refractivity (Wildman–Crippen MR) is 105 cm³/mol. The molecule has 1 fully saturated rings. The lowest BCUT2D eigenvalue weighted by Gasteiger charge is -2.41. The highest BCUT2D eigenvalue weighted by molar-refractivity contribution is 7.99. The average molecular weight is 459 g/mol. The Labute approximate surface area is 179 Å². The second-order valence-corrected chi connectivity index (χ2v) is 8.30. The van der Waals surface area contributed by atoms with Crippen LogP contribution in [0.2, 0.25) is 10.0 Å². The lowest BCUT2D eigenvalue weighted by atomic mass is 9.97. The minimum Gasteiger partial charge on any atom is -0.443 e. The maximum atomic E-state index is 10.9. The molecule has 0 radical (unpaired) electrons. The summed E-state index contributed by atoms with van der Waals surface area (Å²) in [5, 5.41) is 39.9. The van der Waals surface area contributed by atoms with Crippen molar-refractivity contribution in [1.82, 2.24) is 20.0 Å². The summed E-state index contributed by atoms with van der Waals surface area (Å²) in [6, 6.07) is 4.10. The molecule has 0 spiro atoms. The maximum absolute atomic E-state index is 10.9. The number of aliphatic hydroxyl groups is 3. The standard InChI is InChI=1S/C17H16Cl2N4O5S/c18-9-2-1-8(5-10(9)19)29-17-15(26)13(14(25)12(7-24)28-17)23-6-11(21-22-23)16-20-3-4-27-16/h1-6,12-15,17,24-26H,7H2/t12-,13+,14+,15-,17-/m1/s1. The molecule has 3 heterocycles. The first-order valence-electron chi connectivity index (χ1n) is 8.54. The smallest absolute Gasteiger partial charge is 0.248 e. The summed E-state index contributed by atoms with van der Waals surface area (Å²) in [5.41, 5.74) is -0.470. The quantitative estimate of drug-likeness (QED) is 0.525. The summed E-state index contributed by atoms with van der Waals surface area (Å²) in [7, 11) is 0. The van der Waals surface area contributed by atoms with E-state index in [4.69, 9.17) is 32.4 Å². The van der Waals surface area contributed by atoms with Crippen molar-refractivity contribution in [2.45, 2.75) is 34.7 Å². The number of aliphatic hydroxyl groups excluding tert-OH is 3. The van der Waals surface area contributed by atoms with E-state index in [1.165, 1.54) is 35.1 Å². The molecule has 9 nitrogen and oxygen atoms in total. The Morgan fingerprint density at radius 1 is 1.17 bits per heavy atom. The second kappa shape index (κ2) is 8.60. The van der Waals surface area contributed by atoms with E-state index in [1.54, 1.807) is 18.2 Å². The van der Waals surface area contributed by atoms with Gasteiger partial charge < -0.3 is 24.5 Å². The van der Waals surface area contributed by atoms with E-state index in [9.17, 15) is 15.3 Å². The minimum absolute atomic E-state index is 0.257. The van der Waals surface area contributed by atoms with Gasteiger partial charge in [0.05, 0.1) is 29.0 Å². The fraction of sp³-hybridized carbons (Fsp3) is 0.353. The van der Waals surface area contributed by atoms with E-state index in [0.717, 1.165) is 0 Å². The van der Waals surface area contributed by atoms with Gasteiger partial charge in [0.2, 0.25) is 5.89 Å². The Kier molecular flexibility index (Phi) is 6.11. The molecule has 1 aliphatic heterocycles. The molecule has 1 aromatic carbocycles. The summed E-state index contributed by atoms with van der Waals surface area (Å²) in [4.78, 5) is 4.70. The van der Waals surface area contributed by atoms with Crippen LogP contribution < -0.4 is 0 Å². The summed E-state index contributed by atoms with van der Waals surface area (Å²) < 4.78 is 12.2. The summed E-state index contributed by atoms with van der Waals surface area (Å²) in [6.45, 7) is -0.440. The molecule has 0 unspecified atom stereocenters. The van der Waals surface area contributed by atoms with Crippen LogP contribution in [0.4, 0.5) is 0 Å². The van der Waals surface area contributed by atoms with Gasteiger partial charge in [0.1, 0.15) is 36.1 Å². The monoisotopic (exact) mass is 458 g/mol. The topological polar surface area (TPSA) is 127 Å². The number of hydrogen-bond acceptors (Lipinski definition) is 9. The van der Waals surface area contributed by atoms with Crippen molar-refractivity contribution in [3.05, 3.63) is 46.9 Å². The van der Waals surface area contributed by atoms with E-state index in [0.29, 0.717) is 20.6 Å². The number of hydrogen-bond donors (Lipinski definition) is 3. The van der Waals surface area contributed by atoms with E-state index in [1.807, 2.05) is 0 Å². The Morgan fingerprint density at radius 2 is 2.00 bits per heavy atom. The Balaban J connectivity index is 1.61. The van der Waals surface area contributed by atoms with Crippen molar-refractivity contribution in [2.24, 2.45) is 0 Å². The molecule has 1 aliphatic rings. The third-order valence-electron chi connectivity index (χ3n) is 4.46. The van der Waals surface area contributed by atoms with E-state index in [2.05, 4.69) is 15.3 Å². The van der Waals surface area contributed by atoms with Crippen LogP contribution in [0, 0.1) is 0 Å². The van der Waals surface area contributed by atoms with Crippen LogP contribution in [0.5, 0.6) is 0 Å². The predicted octanol–water partition coefficient (Wildman–Crippen LogP) is 2.01. The zero-order valence-corrected chi connectivity index (χ0v) is 17.0. The maximum Gasteiger partial charge on any atom is 0.248 e. The molecule has 4 rings (SSSR count). The van der Waals surface area contributed by atoms with Gasteiger partial charge in [-0.05, 0) is 18.2 Å². The lowest BCUT2D eigenvalue weighted by Crippen LogP contribution is -2.55. The van der Waals surface area contributed by atoms with Crippen LogP contribution in [0.25, 0.3) is 11.6 Å². The normalized spacial score (nSPS) is 27.3. The fourth-order valence-electron chi connectivity index (χ4n) is 3.03. The summed E-state index contributed by atoms with van der Waals surface area (Å²) in [5.74, 6) is 0.257. The van der Waals surface area contributed by atoms with Gasteiger partial charge in [-0.1, -0.05) is 40.2 Å². The molecular weight excluding hydrogens is 443 g/mol. The highest BCUT2D eigenvalue weighted by atomic mass is 35.5. The first-order chi connectivity index (χ1) is 14.0. The molecule has 29 heavy (non-hydrogen) atoms. The second-order valence-electron chi connectivity index (χ2n) is 6.31. The number of rotatable bonds is 5. The van der Waals surface area contributed by atoms with Crippen molar-refractivity contribution in [3.8, 4) is 11.6 Å². The van der Waals surface area contributed by atoms with Crippen LogP contribution >= 0.6 is 35.0 Å². The Hall–Kier alpha value is -1.66. The lowest BCUT2D eigenvalue weighted by molar-refractivity contribution is -0.178. The Bertz CT molecular complexity index is 973. The highest BCUT2D eigenvalue weighted by Crippen LogP contribution is 2.39. The van der Waals surface area contributed by atoms with Gasteiger partial charge in [-0.2, -0.15) is 0 Å². The van der Waals surface area contributed by atoms with Crippen molar-refractivity contribution in [1.29, 1.82) is 0 Å². The molecule has 5 atom stereocenters. The van der Waals surface area contributed by atoms with Gasteiger partial charge in [0, 0.05) is 4.90 Å². The number of ether oxygens (including phenoxy) is 1. The zero-order valence-electron chi connectivity index (χ0n) is 14.7. The number of nitrogens with zero attached hydrogens (tertiary/aromatic N) is 4. The third kappa shape index (κ3) is 4.15. The molecule has 12 heteroatoms. The number of thioether (sulfide) groups is 1. The van der Waals surface area contributed by atoms with Crippen LogP contribution in [0.3, 0.4) is 0 Å². The van der Waals surface area contributed by atoms with Gasteiger partial charge in [-0.25, -0.2) is 9.67 Å². The first kappa shape index (κ1) is 20.6. The molecule has 0 saturated carbocycles. The van der Waals surface area contributed by atoms with Gasteiger partial charge in [-0.15, -0.1) is 5.10 Å². The first-order valence-corrected chi connectivity index (χ1v) is 10.2. The SMILES string of the molecule is OC[C@H]1O[C@H](Sc2ccc(Cl)c(Cl)c2)[C@H](O)[C@@H](n2cc(-c3ncco3)nn2)[C@H]1O. The molecule has 154 valence electrons. The molecule has 0 bridgehead atoms. The summed E-state index contributed by atoms with van der Waals surface area (Å²) >= 11 is 13.2. The van der Waals surface area contributed by atoms with E-state index >= 15 is 0 Å². The highest BCUT2D eigenvalue weighted by Gasteiger charge is 2.46. The van der Waals surface area contributed by atoms with Crippen molar-refractivity contribution < 1.29 is 24.5 Å².